The predicted molar refractivity (Wildman–Crippen MR) is 94.5 cm³/mol. The summed E-state index contributed by atoms with van der Waals surface area (Å²) in [6.45, 7) is 3.32. The zero-order chi connectivity index (χ0) is 15.7. The minimum absolute atomic E-state index is 0.0517. The van der Waals surface area contributed by atoms with Crippen LogP contribution in [0.5, 0.6) is 5.75 Å². The van der Waals surface area contributed by atoms with Crippen LogP contribution >= 0.6 is 28.1 Å². The van der Waals surface area contributed by atoms with Gasteiger partial charge in [-0.15, -0.1) is 0 Å². The van der Waals surface area contributed by atoms with Gasteiger partial charge in [0, 0.05) is 28.5 Å². The Morgan fingerprint density at radius 1 is 1.45 bits per heavy atom. The molecule has 3 rings (SSSR count). The smallest absolute Gasteiger partial charge is 0.171 e. The van der Waals surface area contributed by atoms with E-state index in [9.17, 15) is 0 Å². The average Bonchev–Trinajstić information content (AvgIpc) is 2.95. The van der Waals surface area contributed by atoms with Gasteiger partial charge in [0.2, 0.25) is 0 Å². The van der Waals surface area contributed by atoms with Crippen molar-refractivity contribution in [1.82, 2.24) is 5.32 Å². The lowest BCUT2D eigenvalue weighted by Gasteiger charge is -2.34. The van der Waals surface area contributed by atoms with E-state index >= 15 is 0 Å². The van der Waals surface area contributed by atoms with Crippen LogP contribution in [0.4, 0.5) is 5.69 Å². The normalized spacial score (nSPS) is 27.0. The third-order valence-electron chi connectivity index (χ3n) is 4.06. The van der Waals surface area contributed by atoms with Gasteiger partial charge in [0.1, 0.15) is 5.75 Å². The van der Waals surface area contributed by atoms with Crippen molar-refractivity contribution < 1.29 is 9.47 Å². The maximum atomic E-state index is 6.10. The highest BCUT2D eigenvalue weighted by Crippen LogP contribution is 2.37. The van der Waals surface area contributed by atoms with E-state index in [0.717, 1.165) is 34.3 Å². The van der Waals surface area contributed by atoms with Crippen LogP contribution in [0, 0.1) is 0 Å². The molecular weight excluding hydrogens is 366 g/mol. The minimum atomic E-state index is -0.0517. The number of hydrogen-bond donors (Lipinski definition) is 3. The number of halogens is 1. The van der Waals surface area contributed by atoms with E-state index in [1.54, 1.807) is 0 Å². The fourth-order valence-electron chi connectivity index (χ4n) is 2.86. The van der Waals surface area contributed by atoms with Gasteiger partial charge in [-0.05, 0) is 53.6 Å². The molecule has 1 aromatic carbocycles. The van der Waals surface area contributed by atoms with Gasteiger partial charge in [0.25, 0.3) is 0 Å². The number of fused-ring (bicyclic) bond motifs is 1. The van der Waals surface area contributed by atoms with Crippen LogP contribution in [0.3, 0.4) is 0 Å². The lowest BCUT2D eigenvalue weighted by molar-refractivity contribution is 0.00455. The first-order valence-corrected chi connectivity index (χ1v) is 8.63. The van der Waals surface area contributed by atoms with Gasteiger partial charge in [0.05, 0.1) is 25.0 Å². The number of hydrogen-bond acceptors (Lipinski definition) is 4. The van der Waals surface area contributed by atoms with Crippen molar-refractivity contribution in [2.45, 2.75) is 38.0 Å². The summed E-state index contributed by atoms with van der Waals surface area (Å²) in [5, 5.41) is 7.19. The number of nitrogens with two attached hydrogens (primary N) is 1. The predicted octanol–water partition coefficient (Wildman–Crippen LogP) is 2.18. The van der Waals surface area contributed by atoms with Crippen LogP contribution in [-0.2, 0) is 11.2 Å². The topological polar surface area (TPSA) is 68.5 Å². The van der Waals surface area contributed by atoms with Crippen LogP contribution in [0.25, 0.3) is 0 Å². The number of nitrogens with one attached hydrogen (secondary N) is 2. The van der Waals surface area contributed by atoms with E-state index in [4.69, 9.17) is 27.4 Å². The van der Waals surface area contributed by atoms with Gasteiger partial charge in [-0.3, -0.25) is 0 Å². The standard InChI is InChI=1S/C15H20BrN3O2S/c1-8-6-12(11(17)7-21-8)18-15(22)19-14-9-4-5-20-13(9)3-2-10(14)16/h2-3,8,11-12H,4-7,17H2,1H3,(H2,18,19,22)/t8-,11+,12-/m1/s1. The largest absolute Gasteiger partial charge is 0.493 e. The van der Waals surface area contributed by atoms with E-state index in [-0.39, 0.29) is 18.2 Å². The molecule has 1 fully saturated rings. The summed E-state index contributed by atoms with van der Waals surface area (Å²) < 4.78 is 12.1. The summed E-state index contributed by atoms with van der Waals surface area (Å²) in [5.41, 5.74) is 8.23. The number of benzene rings is 1. The van der Waals surface area contributed by atoms with Gasteiger partial charge in [-0.25, -0.2) is 0 Å². The molecule has 3 atom stereocenters. The van der Waals surface area contributed by atoms with Crippen molar-refractivity contribution in [3.63, 3.8) is 0 Å². The quantitative estimate of drug-likeness (QED) is 0.677. The molecule has 0 radical (unpaired) electrons. The molecule has 120 valence electrons. The second-order valence-corrected chi connectivity index (χ2v) is 7.01. The summed E-state index contributed by atoms with van der Waals surface area (Å²) in [6.07, 6.45) is 1.93. The number of rotatable bonds is 2. The maximum absolute atomic E-state index is 6.10. The Kier molecular flexibility index (Phi) is 4.87. The molecule has 5 nitrogen and oxygen atoms in total. The summed E-state index contributed by atoms with van der Waals surface area (Å²) in [6, 6.07) is 4.02. The number of ether oxygens (including phenoxy) is 2. The highest BCUT2D eigenvalue weighted by atomic mass is 79.9. The van der Waals surface area contributed by atoms with Gasteiger partial charge < -0.3 is 25.8 Å². The van der Waals surface area contributed by atoms with E-state index in [1.165, 1.54) is 0 Å². The molecule has 1 aromatic rings. The number of anilines is 1. The average molecular weight is 386 g/mol. The molecule has 1 saturated heterocycles. The Hall–Kier alpha value is -0.890. The molecule has 22 heavy (non-hydrogen) atoms. The van der Waals surface area contributed by atoms with E-state index in [2.05, 4.69) is 33.5 Å². The molecule has 0 amide bonds. The van der Waals surface area contributed by atoms with Crippen LogP contribution in [0.1, 0.15) is 18.9 Å². The second kappa shape index (κ2) is 6.70. The highest BCUT2D eigenvalue weighted by Gasteiger charge is 2.27. The zero-order valence-electron chi connectivity index (χ0n) is 12.4. The molecule has 0 spiro atoms. The fraction of sp³-hybridized carbons (Fsp3) is 0.533. The Labute approximate surface area is 144 Å². The van der Waals surface area contributed by atoms with Crippen LogP contribution in [0.2, 0.25) is 0 Å². The Bertz CT molecular complexity index is 584. The van der Waals surface area contributed by atoms with Crippen LogP contribution in [0.15, 0.2) is 16.6 Å². The van der Waals surface area contributed by atoms with Crippen molar-refractivity contribution in [3.8, 4) is 5.75 Å². The first-order valence-electron chi connectivity index (χ1n) is 7.43. The summed E-state index contributed by atoms with van der Waals surface area (Å²) in [5.74, 6) is 0.921. The van der Waals surface area contributed by atoms with Crippen molar-refractivity contribution in [2.24, 2.45) is 5.73 Å². The lowest BCUT2D eigenvalue weighted by atomic mass is 10.0. The van der Waals surface area contributed by atoms with E-state index < -0.39 is 0 Å². The monoisotopic (exact) mass is 385 g/mol. The van der Waals surface area contributed by atoms with Gasteiger partial charge in [-0.1, -0.05) is 0 Å². The molecular formula is C15H20BrN3O2S. The first kappa shape index (κ1) is 16.0. The second-order valence-electron chi connectivity index (χ2n) is 5.75. The molecule has 2 aliphatic heterocycles. The zero-order valence-corrected chi connectivity index (χ0v) is 14.8. The first-order chi connectivity index (χ1) is 10.5. The van der Waals surface area contributed by atoms with Crippen molar-refractivity contribution in [3.05, 3.63) is 22.2 Å². The summed E-state index contributed by atoms with van der Waals surface area (Å²) >= 11 is 9.03. The van der Waals surface area contributed by atoms with Crippen LogP contribution in [-0.4, -0.2) is 36.5 Å². The molecule has 2 heterocycles. The Balaban J connectivity index is 1.69. The third kappa shape index (κ3) is 3.37. The molecule has 2 aliphatic rings. The van der Waals surface area contributed by atoms with Crippen molar-refractivity contribution >= 4 is 38.9 Å². The Morgan fingerprint density at radius 3 is 3.09 bits per heavy atom. The fourth-order valence-corrected chi connectivity index (χ4v) is 3.58. The third-order valence-corrected chi connectivity index (χ3v) is 4.94. The van der Waals surface area contributed by atoms with Gasteiger partial charge >= 0.3 is 0 Å². The minimum Gasteiger partial charge on any atom is -0.493 e. The molecule has 0 aliphatic carbocycles. The molecule has 0 unspecified atom stereocenters. The highest BCUT2D eigenvalue weighted by molar-refractivity contribution is 9.10. The molecule has 0 aromatic heterocycles. The van der Waals surface area contributed by atoms with E-state index in [1.807, 2.05) is 12.1 Å². The number of thiocarbonyl (C=S) groups is 1. The molecule has 4 N–H and O–H groups in total. The van der Waals surface area contributed by atoms with E-state index in [0.29, 0.717) is 18.3 Å². The molecule has 0 bridgehead atoms. The molecule has 7 heteroatoms. The summed E-state index contributed by atoms with van der Waals surface area (Å²) in [7, 11) is 0. The van der Waals surface area contributed by atoms with Gasteiger partial charge in [0.15, 0.2) is 5.11 Å². The SMILES string of the molecule is C[C@@H]1C[C@@H](NC(=S)Nc2c(Br)ccc3c2CCO3)[C@@H](N)CO1. The van der Waals surface area contributed by atoms with Gasteiger partial charge in [-0.2, -0.15) is 0 Å². The summed E-state index contributed by atoms with van der Waals surface area (Å²) in [4.78, 5) is 0. The lowest BCUT2D eigenvalue weighted by Crippen LogP contribution is -2.55. The molecule has 0 saturated carbocycles. The Morgan fingerprint density at radius 2 is 2.27 bits per heavy atom. The maximum Gasteiger partial charge on any atom is 0.171 e. The van der Waals surface area contributed by atoms with Crippen LogP contribution < -0.4 is 21.1 Å². The van der Waals surface area contributed by atoms with Crippen molar-refractivity contribution in [1.29, 1.82) is 0 Å². The van der Waals surface area contributed by atoms with Crippen molar-refractivity contribution in [2.75, 3.05) is 18.5 Å².